The molecular formula is C23H25N3O4. The molecule has 2 aromatic rings. The third kappa shape index (κ3) is 5.26. The number of rotatable bonds is 8. The summed E-state index contributed by atoms with van der Waals surface area (Å²) in [6.45, 7) is 4.46. The number of hydrogen-bond donors (Lipinski definition) is 2. The Morgan fingerprint density at radius 1 is 1.10 bits per heavy atom. The number of hydrazine groups is 1. The molecule has 0 bridgehead atoms. The molecule has 0 saturated carbocycles. The van der Waals surface area contributed by atoms with Gasteiger partial charge in [-0.1, -0.05) is 30.3 Å². The standard InChI is InChI=1S/C23H25N3O4/c1-3-30-20-11-9-19(10-12-20)26-15-18(14-22(26)28)23(29)25-24-16(2)13-21(27)17-7-5-4-6-8-17/h4-13,18,24H,3,14-15H2,1-2H3,(H,25,29)/b16-13+/t18-/m1/s1. The van der Waals surface area contributed by atoms with E-state index in [9.17, 15) is 14.4 Å². The molecule has 1 atom stereocenters. The third-order valence-corrected chi connectivity index (χ3v) is 4.74. The second-order valence-corrected chi connectivity index (χ2v) is 7.00. The van der Waals surface area contributed by atoms with Gasteiger partial charge in [0.2, 0.25) is 11.8 Å². The minimum Gasteiger partial charge on any atom is -0.494 e. The first kappa shape index (κ1) is 21.1. The quantitative estimate of drug-likeness (QED) is 0.399. The maximum absolute atomic E-state index is 12.5. The lowest BCUT2D eigenvalue weighted by Gasteiger charge is -2.17. The predicted molar refractivity (Wildman–Crippen MR) is 114 cm³/mol. The number of carbonyl (C=O) groups is 3. The van der Waals surface area contributed by atoms with Crippen LogP contribution in [0.4, 0.5) is 5.69 Å². The van der Waals surface area contributed by atoms with Crippen molar-refractivity contribution in [3.63, 3.8) is 0 Å². The van der Waals surface area contributed by atoms with Gasteiger partial charge in [-0.15, -0.1) is 0 Å². The fourth-order valence-corrected chi connectivity index (χ4v) is 3.20. The van der Waals surface area contributed by atoms with Crippen molar-refractivity contribution < 1.29 is 19.1 Å². The second kappa shape index (κ2) is 9.73. The third-order valence-electron chi connectivity index (χ3n) is 4.74. The maximum atomic E-state index is 12.5. The first-order chi connectivity index (χ1) is 14.5. The van der Waals surface area contributed by atoms with Crippen LogP contribution in [0.1, 0.15) is 30.6 Å². The minimum absolute atomic E-state index is 0.106. The normalized spacial score (nSPS) is 16.3. The lowest BCUT2D eigenvalue weighted by atomic mass is 10.1. The van der Waals surface area contributed by atoms with Crippen LogP contribution in [0.3, 0.4) is 0 Å². The Kier molecular flexibility index (Phi) is 6.85. The molecular weight excluding hydrogens is 382 g/mol. The van der Waals surface area contributed by atoms with Crippen LogP contribution in [0.15, 0.2) is 66.4 Å². The number of ketones is 1. The summed E-state index contributed by atoms with van der Waals surface area (Å²) >= 11 is 0. The molecule has 2 N–H and O–H groups in total. The number of ether oxygens (including phenoxy) is 1. The Morgan fingerprint density at radius 3 is 2.47 bits per heavy atom. The molecule has 1 heterocycles. The highest BCUT2D eigenvalue weighted by atomic mass is 16.5. The fraction of sp³-hybridized carbons (Fsp3) is 0.261. The summed E-state index contributed by atoms with van der Waals surface area (Å²) in [7, 11) is 0. The van der Waals surface area contributed by atoms with Gasteiger partial charge < -0.3 is 15.1 Å². The van der Waals surface area contributed by atoms with Crippen LogP contribution < -0.4 is 20.5 Å². The predicted octanol–water partition coefficient (Wildman–Crippen LogP) is 2.85. The number of allylic oxidation sites excluding steroid dienone is 2. The number of benzene rings is 2. The number of anilines is 1. The van der Waals surface area contributed by atoms with E-state index in [1.54, 1.807) is 48.2 Å². The summed E-state index contributed by atoms with van der Waals surface area (Å²) in [5.74, 6) is -0.303. The molecule has 0 unspecified atom stereocenters. The molecule has 30 heavy (non-hydrogen) atoms. The van der Waals surface area contributed by atoms with Crippen molar-refractivity contribution in [2.75, 3.05) is 18.1 Å². The van der Waals surface area contributed by atoms with E-state index in [-0.39, 0.29) is 24.0 Å². The molecule has 1 aliphatic heterocycles. The van der Waals surface area contributed by atoms with Gasteiger partial charge in [-0.3, -0.25) is 19.8 Å². The lowest BCUT2D eigenvalue weighted by molar-refractivity contribution is -0.127. The molecule has 0 spiro atoms. The summed E-state index contributed by atoms with van der Waals surface area (Å²) in [5, 5.41) is 0. The van der Waals surface area contributed by atoms with Crippen molar-refractivity contribution in [3.8, 4) is 5.75 Å². The monoisotopic (exact) mass is 407 g/mol. The molecule has 7 nitrogen and oxygen atoms in total. The molecule has 0 aliphatic carbocycles. The fourth-order valence-electron chi connectivity index (χ4n) is 3.20. The zero-order valence-corrected chi connectivity index (χ0v) is 17.1. The van der Waals surface area contributed by atoms with Gasteiger partial charge in [0.15, 0.2) is 5.78 Å². The highest BCUT2D eigenvalue weighted by Gasteiger charge is 2.35. The summed E-state index contributed by atoms with van der Waals surface area (Å²) in [4.78, 5) is 38.6. The molecule has 1 saturated heterocycles. The largest absolute Gasteiger partial charge is 0.494 e. The first-order valence-electron chi connectivity index (χ1n) is 9.84. The molecule has 3 rings (SSSR count). The van der Waals surface area contributed by atoms with Gasteiger partial charge in [-0.05, 0) is 38.1 Å². The maximum Gasteiger partial charge on any atom is 0.243 e. The van der Waals surface area contributed by atoms with Crippen LogP contribution in [0.25, 0.3) is 0 Å². The van der Waals surface area contributed by atoms with E-state index >= 15 is 0 Å². The summed E-state index contributed by atoms with van der Waals surface area (Å²) in [6, 6.07) is 16.1. The average molecular weight is 407 g/mol. The Balaban J connectivity index is 1.54. The van der Waals surface area contributed by atoms with E-state index in [1.165, 1.54) is 6.08 Å². The molecule has 0 aromatic heterocycles. The Morgan fingerprint density at radius 2 is 1.80 bits per heavy atom. The zero-order chi connectivity index (χ0) is 21.5. The Labute approximate surface area is 175 Å². The molecule has 2 aromatic carbocycles. The average Bonchev–Trinajstić information content (AvgIpc) is 3.15. The smallest absolute Gasteiger partial charge is 0.243 e. The van der Waals surface area contributed by atoms with Crippen LogP contribution in [0.2, 0.25) is 0 Å². The molecule has 7 heteroatoms. The van der Waals surface area contributed by atoms with Crippen molar-refractivity contribution in [1.82, 2.24) is 10.9 Å². The number of hydrogen-bond acceptors (Lipinski definition) is 5. The van der Waals surface area contributed by atoms with Gasteiger partial charge in [-0.2, -0.15) is 0 Å². The van der Waals surface area contributed by atoms with Crippen LogP contribution >= 0.6 is 0 Å². The SMILES string of the molecule is CCOc1ccc(N2C[C@H](C(=O)NN/C(C)=C/C(=O)c3ccccc3)CC2=O)cc1. The van der Waals surface area contributed by atoms with Crippen molar-refractivity contribution in [1.29, 1.82) is 0 Å². The van der Waals surface area contributed by atoms with Crippen molar-refractivity contribution in [2.45, 2.75) is 20.3 Å². The van der Waals surface area contributed by atoms with Crippen LogP contribution in [0.5, 0.6) is 5.75 Å². The van der Waals surface area contributed by atoms with E-state index in [2.05, 4.69) is 10.9 Å². The number of nitrogens with zero attached hydrogens (tertiary/aromatic N) is 1. The van der Waals surface area contributed by atoms with E-state index in [0.29, 0.717) is 24.4 Å². The minimum atomic E-state index is -0.478. The van der Waals surface area contributed by atoms with Gasteiger partial charge in [0.1, 0.15) is 5.75 Å². The number of amides is 2. The number of carbonyl (C=O) groups excluding carboxylic acids is 3. The molecule has 2 amide bonds. The van der Waals surface area contributed by atoms with Gasteiger partial charge in [0, 0.05) is 36.0 Å². The van der Waals surface area contributed by atoms with Crippen LogP contribution in [-0.2, 0) is 9.59 Å². The highest BCUT2D eigenvalue weighted by molar-refractivity contribution is 6.04. The van der Waals surface area contributed by atoms with E-state index in [0.717, 1.165) is 11.4 Å². The Bertz CT molecular complexity index is 939. The van der Waals surface area contributed by atoms with Crippen molar-refractivity contribution in [2.24, 2.45) is 5.92 Å². The molecule has 1 aliphatic rings. The van der Waals surface area contributed by atoms with Gasteiger partial charge in [0.25, 0.3) is 0 Å². The highest BCUT2D eigenvalue weighted by Crippen LogP contribution is 2.27. The number of nitrogens with one attached hydrogen (secondary N) is 2. The molecule has 0 radical (unpaired) electrons. The van der Waals surface area contributed by atoms with Gasteiger partial charge in [-0.25, -0.2) is 0 Å². The topological polar surface area (TPSA) is 87.7 Å². The van der Waals surface area contributed by atoms with Crippen molar-refractivity contribution >= 4 is 23.3 Å². The molecule has 156 valence electrons. The zero-order valence-electron chi connectivity index (χ0n) is 17.1. The first-order valence-corrected chi connectivity index (χ1v) is 9.84. The van der Waals surface area contributed by atoms with Gasteiger partial charge in [0.05, 0.1) is 12.5 Å². The van der Waals surface area contributed by atoms with Gasteiger partial charge >= 0.3 is 0 Å². The van der Waals surface area contributed by atoms with E-state index in [4.69, 9.17) is 4.74 Å². The molecule has 1 fully saturated rings. The van der Waals surface area contributed by atoms with Crippen LogP contribution in [0, 0.1) is 5.92 Å². The second-order valence-electron chi connectivity index (χ2n) is 7.00. The summed E-state index contributed by atoms with van der Waals surface area (Å²) < 4.78 is 5.41. The summed E-state index contributed by atoms with van der Waals surface area (Å²) in [6.07, 6.45) is 1.55. The summed E-state index contributed by atoms with van der Waals surface area (Å²) in [5.41, 5.74) is 7.14. The van der Waals surface area contributed by atoms with Crippen molar-refractivity contribution in [3.05, 3.63) is 71.9 Å². The van der Waals surface area contributed by atoms with E-state index in [1.807, 2.05) is 25.1 Å². The Hall–Kier alpha value is -3.61. The van der Waals surface area contributed by atoms with E-state index < -0.39 is 5.92 Å². The lowest BCUT2D eigenvalue weighted by Crippen LogP contribution is -2.41. The van der Waals surface area contributed by atoms with Crippen LogP contribution in [-0.4, -0.2) is 30.7 Å².